The molecule has 94 valence electrons. The number of pyridine rings is 1. The highest BCUT2D eigenvalue weighted by molar-refractivity contribution is 7.89. The first-order valence-corrected chi connectivity index (χ1v) is 6.86. The molecule has 0 saturated carbocycles. The fourth-order valence-corrected chi connectivity index (χ4v) is 1.98. The van der Waals surface area contributed by atoms with Gasteiger partial charge in [-0.2, -0.15) is 0 Å². The van der Waals surface area contributed by atoms with Crippen molar-refractivity contribution in [3.63, 3.8) is 0 Å². The monoisotopic (exact) mass is 263 g/mol. The Bertz CT molecular complexity index is 610. The molecule has 0 saturated heterocycles. The molecule has 5 nitrogen and oxygen atoms in total. The van der Waals surface area contributed by atoms with E-state index in [0.29, 0.717) is 6.54 Å². The van der Waals surface area contributed by atoms with E-state index in [1.165, 1.54) is 12.1 Å². The molecule has 0 unspecified atom stereocenters. The maximum atomic E-state index is 11.1. The highest BCUT2D eigenvalue weighted by Gasteiger charge is 2.06. The lowest BCUT2D eigenvalue weighted by atomic mass is 10.2. The van der Waals surface area contributed by atoms with Crippen molar-refractivity contribution in [3.8, 4) is 0 Å². The Morgan fingerprint density at radius 3 is 2.22 bits per heavy atom. The van der Waals surface area contributed by atoms with Crippen LogP contribution < -0.4 is 10.5 Å². The minimum absolute atomic E-state index is 0.108. The van der Waals surface area contributed by atoms with Crippen LogP contribution in [0.5, 0.6) is 0 Å². The summed E-state index contributed by atoms with van der Waals surface area (Å²) in [5.41, 5.74) is 1.93. The molecule has 1 heterocycles. The molecule has 1 aromatic carbocycles. The minimum atomic E-state index is -3.62. The molecule has 3 N–H and O–H groups in total. The van der Waals surface area contributed by atoms with Crippen LogP contribution in [0.3, 0.4) is 0 Å². The zero-order valence-corrected chi connectivity index (χ0v) is 10.4. The summed E-state index contributed by atoms with van der Waals surface area (Å²) in [6.45, 7) is 0.650. The van der Waals surface area contributed by atoms with Gasteiger partial charge in [-0.1, -0.05) is 0 Å². The van der Waals surface area contributed by atoms with Crippen LogP contribution in [0, 0.1) is 0 Å². The fraction of sp³-hybridized carbons (Fsp3) is 0.0833. The Morgan fingerprint density at radius 1 is 1.06 bits per heavy atom. The van der Waals surface area contributed by atoms with Crippen LogP contribution >= 0.6 is 0 Å². The van der Waals surface area contributed by atoms with Crippen LogP contribution in [-0.4, -0.2) is 13.4 Å². The molecule has 0 aliphatic heterocycles. The number of anilines is 1. The first kappa shape index (κ1) is 12.5. The second-order valence-electron chi connectivity index (χ2n) is 3.78. The topological polar surface area (TPSA) is 85.1 Å². The van der Waals surface area contributed by atoms with Crippen LogP contribution in [-0.2, 0) is 16.6 Å². The van der Waals surface area contributed by atoms with Crippen LogP contribution in [0.1, 0.15) is 5.56 Å². The molecule has 1 aromatic heterocycles. The minimum Gasteiger partial charge on any atom is -0.381 e. The van der Waals surface area contributed by atoms with Crippen molar-refractivity contribution < 1.29 is 8.42 Å². The molecule has 0 bridgehead atoms. The van der Waals surface area contributed by atoms with Crippen molar-refractivity contribution in [2.24, 2.45) is 5.14 Å². The predicted molar refractivity (Wildman–Crippen MR) is 69.4 cm³/mol. The molecule has 0 amide bonds. The van der Waals surface area contributed by atoms with Crippen LogP contribution in [0.15, 0.2) is 53.7 Å². The van der Waals surface area contributed by atoms with E-state index in [9.17, 15) is 8.42 Å². The molecule has 6 heteroatoms. The van der Waals surface area contributed by atoms with E-state index in [-0.39, 0.29) is 4.90 Å². The molecule has 0 fully saturated rings. The van der Waals surface area contributed by atoms with E-state index in [1.54, 1.807) is 24.5 Å². The Hall–Kier alpha value is -1.92. The molecule has 0 aliphatic carbocycles. The lowest BCUT2D eigenvalue weighted by molar-refractivity contribution is 0.598. The number of primary sulfonamides is 1. The molecule has 0 spiro atoms. The van der Waals surface area contributed by atoms with E-state index in [1.807, 2.05) is 12.1 Å². The largest absolute Gasteiger partial charge is 0.381 e. The van der Waals surface area contributed by atoms with Crippen LogP contribution in [0.4, 0.5) is 5.69 Å². The number of nitrogens with one attached hydrogen (secondary N) is 1. The number of aromatic nitrogens is 1. The van der Waals surface area contributed by atoms with E-state index in [4.69, 9.17) is 5.14 Å². The van der Waals surface area contributed by atoms with Crippen molar-refractivity contribution in [2.75, 3.05) is 5.32 Å². The van der Waals surface area contributed by atoms with Gasteiger partial charge >= 0.3 is 0 Å². The lowest BCUT2D eigenvalue weighted by Crippen LogP contribution is -2.12. The number of nitrogens with zero attached hydrogens (tertiary/aromatic N) is 1. The van der Waals surface area contributed by atoms with Crippen molar-refractivity contribution in [3.05, 3.63) is 54.4 Å². The highest BCUT2D eigenvalue weighted by atomic mass is 32.2. The van der Waals surface area contributed by atoms with Gasteiger partial charge in [-0.15, -0.1) is 0 Å². The molecule has 0 radical (unpaired) electrons. The normalized spacial score (nSPS) is 11.2. The third-order valence-electron chi connectivity index (χ3n) is 2.43. The van der Waals surface area contributed by atoms with E-state index in [0.717, 1.165) is 11.3 Å². The Kier molecular flexibility index (Phi) is 3.59. The van der Waals surface area contributed by atoms with Gasteiger partial charge in [0.2, 0.25) is 10.0 Å². The van der Waals surface area contributed by atoms with Gasteiger partial charge in [0, 0.05) is 24.6 Å². The standard InChI is InChI=1S/C12H13N3O2S/c13-18(16,17)12-3-1-11(2-4-12)15-9-10-5-7-14-8-6-10/h1-8,15H,9H2,(H2,13,16,17). The zero-order chi connectivity index (χ0) is 13.0. The predicted octanol–water partition coefficient (Wildman–Crippen LogP) is 1.34. The quantitative estimate of drug-likeness (QED) is 0.871. The Labute approximate surface area is 106 Å². The van der Waals surface area contributed by atoms with Crippen molar-refractivity contribution in [1.82, 2.24) is 4.98 Å². The summed E-state index contributed by atoms with van der Waals surface area (Å²) in [6, 6.07) is 10.1. The zero-order valence-electron chi connectivity index (χ0n) is 9.58. The summed E-state index contributed by atoms with van der Waals surface area (Å²) in [7, 11) is -3.62. The van der Waals surface area contributed by atoms with Gasteiger partial charge in [0.05, 0.1) is 4.90 Å². The summed E-state index contributed by atoms with van der Waals surface area (Å²) < 4.78 is 22.1. The van der Waals surface area contributed by atoms with E-state index in [2.05, 4.69) is 10.3 Å². The molecule has 0 aliphatic rings. The third-order valence-corrected chi connectivity index (χ3v) is 3.36. The van der Waals surface area contributed by atoms with E-state index < -0.39 is 10.0 Å². The number of hydrogen-bond acceptors (Lipinski definition) is 4. The summed E-state index contributed by atoms with van der Waals surface area (Å²) in [5.74, 6) is 0. The SMILES string of the molecule is NS(=O)(=O)c1ccc(NCc2ccncc2)cc1. The summed E-state index contributed by atoms with van der Waals surface area (Å²) >= 11 is 0. The average Bonchev–Trinajstić information content (AvgIpc) is 2.37. The lowest BCUT2D eigenvalue weighted by Gasteiger charge is -2.06. The van der Waals surface area contributed by atoms with Crippen molar-refractivity contribution in [1.29, 1.82) is 0 Å². The first-order chi connectivity index (χ1) is 8.55. The maximum Gasteiger partial charge on any atom is 0.238 e. The summed E-state index contributed by atoms with van der Waals surface area (Å²) in [5, 5.41) is 8.19. The average molecular weight is 263 g/mol. The smallest absolute Gasteiger partial charge is 0.238 e. The number of benzene rings is 1. The van der Waals surface area contributed by atoms with Gasteiger partial charge in [0.25, 0.3) is 0 Å². The Balaban J connectivity index is 2.03. The highest BCUT2D eigenvalue weighted by Crippen LogP contribution is 2.13. The van der Waals surface area contributed by atoms with Gasteiger partial charge in [0.15, 0.2) is 0 Å². The second kappa shape index (κ2) is 5.16. The first-order valence-electron chi connectivity index (χ1n) is 5.31. The molecule has 18 heavy (non-hydrogen) atoms. The number of sulfonamides is 1. The fourth-order valence-electron chi connectivity index (χ4n) is 1.47. The molecule has 0 atom stereocenters. The number of rotatable bonds is 4. The maximum absolute atomic E-state index is 11.1. The Morgan fingerprint density at radius 2 is 1.67 bits per heavy atom. The van der Waals surface area contributed by atoms with Crippen molar-refractivity contribution in [2.45, 2.75) is 11.4 Å². The summed E-state index contributed by atoms with van der Waals surface area (Å²) in [6.07, 6.45) is 3.45. The van der Waals surface area contributed by atoms with Gasteiger partial charge in [-0.3, -0.25) is 4.98 Å². The van der Waals surface area contributed by atoms with Gasteiger partial charge in [0.1, 0.15) is 0 Å². The summed E-state index contributed by atoms with van der Waals surface area (Å²) in [4.78, 5) is 4.04. The van der Waals surface area contributed by atoms with Gasteiger partial charge in [-0.25, -0.2) is 13.6 Å². The van der Waals surface area contributed by atoms with E-state index >= 15 is 0 Å². The number of nitrogens with two attached hydrogens (primary N) is 1. The molecule has 2 rings (SSSR count). The van der Waals surface area contributed by atoms with Crippen LogP contribution in [0.25, 0.3) is 0 Å². The number of hydrogen-bond donors (Lipinski definition) is 2. The molecular weight excluding hydrogens is 250 g/mol. The van der Waals surface area contributed by atoms with Crippen molar-refractivity contribution >= 4 is 15.7 Å². The van der Waals surface area contributed by atoms with Gasteiger partial charge in [-0.05, 0) is 42.0 Å². The third kappa shape index (κ3) is 3.28. The van der Waals surface area contributed by atoms with Crippen LogP contribution in [0.2, 0.25) is 0 Å². The molecule has 2 aromatic rings. The molecular formula is C12H13N3O2S. The van der Waals surface area contributed by atoms with Gasteiger partial charge < -0.3 is 5.32 Å². The second-order valence-corrected chi connectivity index (χ2v) is 5.34.